The Kier molecular flexibility index (Phi) is 6.17. The quantitative estimate of drug-likeness (QED) is 0.741. The molecule has 25 heavy (non-hydrogen) atoms. The maximum absolute atomic E-state index is 11.5. The minimum atomic E-state index is -1.05. The van der Waals surface area contributed by atoms with E-state index in [1.165, 1.54) is 0 Å². The number of aromatic nitrogens is 1. The van der Waals surface area contributed by atoms with E-state index in [0.29, 0.717) is 11.3 Å². The van der Waals surface area contributed by atoms with Crippen LogP contribution in [0.2, 0.25) is 0 Å². The molecule has 1 heterocycles. The monoisotopic (exact) mass is 348 g/mol. The lowest BCUT2D eigenvalue weighted by atomic mass is 10.0. The van der Waals surface area contributed by atoms with E-state index in [9.17, 15) is 15.0 Å². The lowest BCUT2D eigenvalue weighted by molar-refractivity contribution is 0.0123. The second-order valence-corrected chi connectivity index (χ2v) is 6.73. The Morgan fingerprint density at radius 1 is 1.24 bits per heavy atom. The smallest absolute Gasteiger partial charge is 0.407 e. The zero-order valence-electron chi connectivity index (χ0n) is 14.6. The molecule has 7 heteroatoms. The molecule has 0 saturated heterocycles. The number of aliphatic hydroxyl groups excluding tert-OH is 2. The number of hydrogen-bond donors (Lipinski definition) is 3. The highest BCUT2D eigenvalue weighted by Crippen LogP contribution is 2.24. The van der Waals surface area contributed by atoms with Gasteiger partial charge in [0.05, 0.1) is 12.3 Å². The molecule has 1 amide bonds. The minimum absolute atomic E-state index is 0.198. The van der Waals surface area contributed by atoms with Crippen molar-refractivity contribution in [3.8, 4) is 11.3 Å². The molecule has 2 aromatic rings. The van der Waals surface area contributed by atoms with E-state index in [-0.39, 0.29) is 13.0 Å². The van der Waals surface area contributed by atoms with Crippen LogP contribution in [0.25, 0.3) is 11.3 Å². The van der Waals surface area contributed by atoms with Crippen LogP contribution in [0.15, 0.2) is 41.1 Å². The molecule has 7 nitrogen and oxygen atoms in total. The van der Waals surface area contributed by atoms with Crippen LogP contribution in [-0.4, -0.2) is 39.7 Å². The standard InChI is InChI=1S/C18H24N2O5/c1-18(2,3)24-17(23)19-10-8-14(21)16(22)13-6-4-12(5-7-13)15-9-11-20-25-15/h4-7,9,11,14,16,21-22H,8,10H2,1-3H3,(H,19,23). The van der Waals surface area contributed by atoms with Crippen molar-refractivity contribution in [1.29, 1.82) is 0 Å². The largest absolute Gasteiger partial charge is 0.444 e. The third kappa shape index (κ3) is 5.88. The van der Waals surface area contributed by atoms with Gasteiger partial charge in [0.25, 0.3) is 0 Å². The maximum Gasteiger partial charge on any atom is 0.407 e. The molecule has 0 bridgehead atoms. The Morgan fingerprint density at radius 3 is 2.48 bits per heavy atom. The summed E-state index contributed by atoms with van der Waals surface area (Å²) in [5.74, 6) is 0.628. The fourth-order valence-electron chi connectivity index (χ4n) is 2.23. The van der Waals surface area contributed by atoms with Gasteiger partial charge in [-0.3, -0.25) is 0 Å². The SMILES string of the molecule is CC(C)(C)OC(=O)NCCC(O)C(O)c1ccc(-c2ccno2)cc1. The van der Waals surface area contributed by atoms with Crippen molar-refractivity contribution in [3.63, 3.8) is 0 Å². The van der Waals surface area contributed by atoms with Gasteiger partial charge in [0, 0.05) is 18.2 Å². The first-order chi connectivity index (χ1) is 11.8. The van der Waals surface area contributed by atoms with Crippen LogP contribution in [0.4, 0.5) is 4.79 Å². The molecule has 0 aliphatic heterocycles. The maximum atomic E-state index is 11.5. The fourth-order valence-corrected chi connectivity index (χ4v) is 2.23. The van der Waals surface area contributed by atoms with Gasteiger partial charge < -0.3 is 24.8 Å². The average Bonchev–Trinajstić information content (AvgIpc) is 3.07. The number of carbonyl (C=O) groups is 1. The molecule has 2 rings (SSSR count). The van der Waals surface area contributed by atoms with Gasteiger partial charge in [0.1, 0.15) is 11.7 Å². The van der Waals surface area contributed by atoms with Gasteiger partial charge in [-0.2, -0.15) is 0 Å². The third-order valence-corrected chi connectivity index (χ3v) is 3.45. The average molecular weight is 348 g/mol. The van der Waals surface area contributed by atoms with Gasteiger partial charge in [-0.25, -0.2) is 4.79 Å². The van der Waals surface area contributed by atoms with E-state index in [1.807, 2.05) is 0 Å². The second kappa shape index (κ2) is 8.13. The van der Waals surface area contributed by atoms with Crippen molar-refractivity contribution in [2.24, 2.45) is 0 Å². The first kappa shape index (κ1) is 19.0. The number of nitrogens with zero attached hydrogens (tertiary/aromatic N) is 1. The van der Waals surface area contributed by atoms with Gasteiger partial charge in [-0.15, -0.1) is 0 Å². The van der Waals surface area contributed by atoms with Crippen LogP contribution < -0.4 is 5.32 Å². The molecule has 1 aromatic heterocycles. The van der Waals surface area contributed by atoms with Gasteiger partial charge in [0.15, 0.2) is 5.76 Å². The van der Waals surface area contributed by atoms with E-state index in [4.69, 9.17) is 9.26 Å². The fraction of sp³-hybridized carbons (Fsp3) is 0.444. The van der Waals surface area contributed by atoms with Gasteiger partial charge in [-0.1, -0.05) is 29.4 Å². The lowest BCUT2D eigenvalue weighted by Gasteiger charge is -2.21. The van der Waals surface area contributed by atoms with Crippen LogP contribution >= 0.6 is 0 Å². The molecule has 3 N–H and O–H groups in total. The van der Waals surface area contributed by atoms with Crippen molar-refractivity contribution in [2.45, 2.75) is 45.0 Å². The Bertz CT molecular complexity index is 662. The summed E-state index contributed by atoms with van der Waals surface area (Å²) in [6.07, 6.45) is -0.857. The number of carbonyl (C=O) groups excluding carboxylic acids is 1. The molecule has 1 aromatic carbocycles. The summed E-state index contributed by atoms with van der Waals surface area (Å²) in [5, 5.41) is 26.5. The van der Waals surface area contributed by atoms with Crippen molar-refractivity contribution in [1.82, 2.24) is 10.5 Å². The highest BCUT2D eigenvalue weighted by Gasteiger charge is 2.20. The molecule has 0 aliphatic carbocycles. The number of nitrogens with one attached hydrogen (secondary N) is 1. The highest BCUT2D eigenvalue weighted by atomic mass is 16.6. The van der Waals surface area contributed by atoms with Gasteiger partial charge in [-0.05, 0) is 32.8 Å². The summed E-state index contributed by atoms with van der Waals surface area (Å²) < 4.78 is 10.2. The molecule has 2 unspecified atom stereocenters. The van der Waals surface area contributed by atoms with Crippen LogP contribution in [0.1, 0.15) is 38.9 Å². The molecule has 0 radical (unpaired) electrons. The molecule has 2 atom stereocenters. The van der Waals surface area contributed by atoms with E-state index in [0.717, 1.165) is 5.56 Å². The van der Waals surface area contributed by atoms with E-state index < -0.39 is 23.9 Å². The van der Waals surface area contributed by atoms with Gasteiger partial charge in [0.2, 0.25) is 0 Å². The first-order valence-electron chi connectivity index (χ1n) is 8.10. The third-order valence-electron chi connectivity index (χ3n) is 3.45. The van der Waals surface area contributed by atoms with Crippen molar-refractivity contribution in [2.75, 3.05) is 6.54 Å². The van der Waals surface area contributed by atoms with Crippen molar-refractivity contribution < 1.29 is 24.3 Å². The summed E-state index contributed by atoms with van der Waals surface area (Å²) in [6, 6.07) is 8.73. The number of amides is 1. The molecular weight excluding hydrogens is 324 g/mol. The Labute approximate surface area is 146 Å². The second-order valence-electron chi connectivity index (χ2n) is 6.73. The Balaban J connectivity index is 1.83. The Morgan fingerprint density at radius 2 is 1.92 bits per heavy atom. The van der Waals surface area contributed by atoms with Crippen LogP contribution in [0, 0.1) is 0 Å². The van der Waals surface area contributed by atoms with E-state index in [1.54, 1.807) is 57.3 Å². The van der Waals surface area contributed by atoms with Crippen LogP contribution in [0.3, 0.4) is 0 Å². The molecule has 0 saturated carbocycles. The first-order valence-corrected chi connectivity index (χ1v) is 8.10. The predicted molar refractivity (Wildman–Crippen MR) is 91.8 cm³/mol. The van der Waals surface area contributed by atoms with Crippen molar-refractivity contribution >= 4 is 6.09 Å². The molecule has 0 spiro atoms. The predicted octanol–water partition coefficient (Wildman–Crippen LogP) is 2.65. The van der Waals surface area contributed by atoms with E-state index in [2.05, 4.69) is 10.5 Å². The number of ether oxygens (including phenoxy) is 1. The normalized spacial score (nSPS) is 14.0. The zero-order chi connectivity index (χ0) is 18.4. The van der Waals surface area contributed by atoms with Crippen molar-refractivity contribution in [3.05, 3.63) is 42.1 Å². The summed E-state index contributed by atoms with van der Waals surface area (Å²) in [7, 11) is 0. The summed E-state index contributed by atoms with van der Waals surface area (Å²) in [5.41, 5.74) is 0.829. The molecular formula is C18H24N2O5. The number of alkyl carbamates (subject to hydrolysis) is 1. The number of hydrogen-bond acceptors (Lipinski definition) is 6. The van der Waals surface area contributed by atoms with Crippen LogP contribution in [0.5, 0.6) is 0 Å². The van der Waals surface area contributed by atoms with E-state index >= 15 is 0 Å². The lowest BCUT2D eigenvalue weighted by Crippen LogP contribution is -2.34. The summed E-state index contributed by atoms with van der Waals surface area (Å²) in [6.45, 7) is 5.51. The summed E-state index contributed by atoms with van der Waals surface area (Å²) in [4.78, 5) is 11.5. The number of rotatable bonds is 6. The minimum Gasteiger partial charge on any atom is -0.444 e. The topological polar surface area (TPSA) is 105 Å². The zero-order valence-corrected chi connectivity index (χ0v) is 14.6. The number of aliphatic hydroxyl groups is 2. The Hall–Kier alpha value is -2.38. The number of benzene rings is 1. The molecule has 0 aliphatic rings. The highest BCUT2D eigenvalue weighted by molar-refractivity contribution is 5.67. The molecule has 136 valence electrons. The van der Waals surface area contributed by atoms with Gasteiger partial charge >= 0.3 is 6.09 Å². The molecule has 0 fully saturated rings. The summed E-state index contributed by atoms with van der Waals surface area (Å²) >= 11 is 0. The van der Waals surface area contributed by atoms with Crippen LogP contribution in [-0.2, 0) is 4.74 Å².